The van der Waals surface area contributed by atoms with Crippen LogP contribution in [0.25, 0.3) is 16.9 Å². The molecule has 0 aliphatic heterocycles. The minimum absolute atomic E-state index is 0.0192. The Morgan fingerprint density at radius 1 is 1.14 bits per heavy atom. The first-order valence-electron chi connectivity index (χ1n) is 8.71. The number of pyridine rings is 1. The molecule has 0 aliphatic rings. The van der Waals surface area contributed by atoms with Crippen molar-refractivity contribution in [3.05, 3.63) is 91.6 Å². The monoisotopic (exact) mass is 375 g/mol. The maximum atomic E-state index is 13.1. The van der Waals surface area contributed by atoms with E-state index in [0.29, 0.717) is 23.3 Å². The van der Waals surface area contributed by atoms with Gasteiger partial charge in [0.2, 0.25) is 0 Å². The van der Waals surface area contributed by atoms with Crippen LogP contribution in [0, 0.1) is 24.0 Å². The van der Waals surface area contributed by atoms with Gasteiger partial charge in [-0.1, -0.05) is 18.2 Å². The predicted molar refractivity (Wildman–Crippen MR) is 104 cm³/mol. The molecule has 1 aromatic carbocycles. The van der Waals surface area contributed by atoms with Crippen molar-refractivity contribution < 1.29 is 4.92 Å². The molecule has 3 aromatic heterocycles. The minimum atomic E-state index is -0.446. The molecule has 3 heterocycles. The molecule has 0 saturated heterocycles. The Morgan fingerprint density at radius 3 is 2.54 bits per heavy atom. The summed E-state index contributed by atoms with van der Waals surface area (Å²) in [6.07, 6.45) is 2.04. The van der Waals surface area contributed by atoms with Crippen LogP contribution in [0.1, 0.15) is 22.5 Å². The fourth-order valence-corrected chi connectivity index (χ4v) is 3.29. The Bertz CT molecular complexity index is 1240. The van der Waals surface area contributed by atoms with Gasteiger partial charge in [-0.3, -0.25) is 25.0 Å². The lowest BCUT2D eigenvalue weighted by Gasteiger charge is -2.06. The van der Waals surface area contributed by atoms with Crippen molar-refractivity contribution in [1.82, 2.24) is 19.6 Å². The number of nitro groups is 1. The van der Waals surface area contributed by atoms with Crippen LogP contribution in [0.5, 0.6) is 0 Å². The summed E-state index contributed by atoms with van der Waals surface area (Å²) in [5.74, 6) is 0. The third-order valence-corrected chi connectivity index (χ3v) is 4.71. The number of non-ortho nitro benzene ring substituents is 1. The number of aromatic nitrogens is 4. The van der Waals surface area contributed by atoms with E-state index in [1.807, 2.05) is 25.1 Å². The fraction of sp³-hybridized carbons (Fsp3) is 0.150. The van der Waals surface area contributed by atoms with E-state index in [-0.39, 0.29) is 11.2 Å². The fourth-order valence-electron chi connectivity index (χ4n) is 3.29. The Balaban J connectivity index is 1.81. The number of aryl methyl sites for hydroxylation is 2. The van der Waals surface area contributed by atoms with Crippen molar-refractivity contribution in [1.29, 1.82) is 0 Å². The van der Waals surface area contributed by atoms with E-state index >= 15 is 0 Å². The molecule has 8 heteroatoms. The zero-order valence-corrected chi connectivity index (χ0v) is 15.3. The normalized spacial score (nSPS) is 11.1. The Kier molecular flexibility index (Phi) is 4.23. The first-order chi connectivity index (χ1) is 13.5. The van der Waals surface area contributed by atoms with Gasteiger partial charge in [-0.25, -0.2) is 9.50 Å². The van der Waals surface area contributed by atoms with Gasteiger partial charge in [0.15, 0.2) is 5.65 Å². The van der Waals surface area contributed by atoms with Gasteiger partial charge in [0, 0.05) is 41.7 Å². The predicted octanol–water partition coefficient (Wildman–Crippen LogP) is 3.20. The van der Waals surface area contributed by atoms with Gasteiger partial charge in [-0.05, 0) is 31.5 Å². The van der Waals surface area contributed by atoms with Gasteiger partial charge >= 0.3 is 0 Å². The lowest BCUT2D eigenvalue weighted by atomic mass is 10.0. The van der Waals surface area contributed by atoms with Gasteiger partial charge in [-0.15, -0.1) is 0 Å². The van der Waals surface area contributed by atoms with Crippen LogP contribution in [0.3, 0.4) is 0 Å². The molecule has 0 saturated carbocycles. The molecule has 0 amide bonds. The number of nitro benzene ring substituents is 1. The average molecular weight is 375 g/mol. The van der Waals surface area contributed by atoms with E-state index in [0.717, 1.165) is 22.5 Å². The lowest BCUT2D eigenvalue weighted by Crippen LogP contribution is -2.22. The van der Waals surface area contributed by atoms with Crippen molar-refractivity contribution in [3.8, 4) is 11.3 Å². The zero-order valence-electron chi connectivity index (χ0n) is 15.3. The van der Waals surface area contributed by atoms with Crippen LogP contribution in [0.4, 0.5) is 5.69 Å². The van der Waals surface area contributed by atoms with Gasteiger partial charge in [-0.2, -0.15) is 0 Å². The second kappa shape index (κ2) is 6.73. The lowest BCUT2D eigenvalue weighted by molar-refractivity contribution is -0.384. The van der Waals surface area contributed by atoms with E-state index in [4.69, 9.17) is 0 Å². The number of benzene rings is 1. The van der Waals surface area contributed by atoms with E-state index in [1.165, 1.54) is 16.6 Å². The van der Waals surface area contributed by atoms with Gasteiger partial charge in [0.25, 0.3) is 11.2 Å². The highest BCUT2D eigenvalue weighted by Gasteiger charge is 2.18. The number of fused-ring (bicyclic) bond motifs is 1. The molecular weight excluding hydrogens is 358 g/mol. The second-order valence-electron chi connectivity index (χ2n) is 6.57. The minimum Gasteiger partial charge on any atom is -0.293 e. The van der Waals surface area contributed by atoms with Crippen molar-refractivity contribution in [3.63, 3.8) is 0 Å². The van der Waals surface area contributed by atoms with Crippen LogP contribution in [-0.2, 0) is 6.42 Å². The number of nitrogens with one attached hydrogen (secondary N) is 1. The van der Waals surface area contributed by atoms with E-state index in [2.05, 4.69) is 15.1 Å². The summed E-state index contributed by atoms with van der Waals surface area (Å²) >= 11 is 0. The molecule has 28 heavy (non-hydrogen) atoms. The standard InChI is InChI=1S/C20H17N5O3/c1-12-16(11-14-6-8-15(9-7-14)25(27)28)20(26)24-19(22-12)18(13(2)23-24)17-5-3-4-10-21-17/h3-10,23H,11H2,1-2H3. The molecule has 0 radical (unpaired) electrons. The van der Waals surface area contributed by atoms with Crippen LogP contribution < -0.4 is 5.56 Å². The van der Waals surface area contributed by atoms with Crippen molar-refractivity contribution >= 4 is 11.3 Å². The second-order valence-corrected chi connectivity index (χ2v) is 6.57. The molecule has 1 N–H and O–H groups in total. The molecule has 0 fully saturated rings. The van der Waals surface area contributed by atoms with Gasteiger partial charge < -0.3 is 0 Å². The first-order valence-corrected chi connectivity index (χ1v) is 8.71. The van der Waals surface area contributed by atoms with Crippen LogP contribution in [0.2, 0.25) is 0 Å². The number of hydrogen-bond donors (Lipinski definition) is 1. The molecule has 0 atom stereocenters. The number of hydrogen-bond acceptors (Lipinski definition) is 5. The zero-order chi connectivity index (χ0) is 19.8. The van der Waals surface area contributed by atoms with E-state index in [1.54, 1.807) is 25.3 Å². The quantitative estimate of drug-likeness (QED) is 0.435. The highest BCUT2D eigenvalue weighted by molar-refractivity contribution is 5.77. The average Bonchev–Trinajstić information content (AvgIpc) is 3.02. The summed E-state index contributed by atoms with van der Waals surface area (Å²) in [6, 6.07) is 11.8. The van der Waals surface area contributed by atoms with Gasteiger partial charge in [0.1, 0.15) is 0 Å². The van der Waals surface area contributed by atoms with Crippen molar-refractivity contribution in [2.75, 3.05) is 0 Å². The number of aromatic amines is 1. The largest absolute Gasteiger partial charge is 0.293 e. The topological polar surface area (TPSA) is 106 Å². The molecule has 4 rings (SSSR count). The van der Waals surface area contributed by atoms with Crippen LogP contribution in [0.15, 0.2) is 53.5 Å². The Labute approximate surface area is 159 Å². The number of rotatable bonds is 4. The number of nitrogens with zero attached hydrogens (tertiary/aromatic N) is 4. The molecular formula is C20H17N5O3. The molecule has 8 nitrogen and oxygen atoms in total. The van der Waals surface area contributed by atoms with Crippen molar-refractivity contribution in [2.24, 2.45) is 0 Å². The third-order valence-electron chi connectivity index (χ3n) is 4.71. The van der Waals surface area contributed by atoms with Gasteiger partial charge in [0.05, 0.1) is 16.2 Å². The molecule has 0 spiro atoms. The molecule has 0 bridgehead atoms. The third kappa shape index (κ3) is 2.94. The van der Waals surface area contributed by atoms with E-state index < -0.39 is 4.92 Å². The highest BCUT2D eigenvalue weighted by Crippen LogP contribution is 2.25. The molecule has 140 valence electrons. The summed E-state index contributed by atoms with van der Waals surface area (Å²) in [4.78, 5) is 32.5. The summed E-state index contributed by atoms with van der Waals surface area (Å²) in [6.45, 7) is 3.68. The molecule has 0 aliphatic carbocycles. The molecule has 4 aromatic rings. The Morgan fingerprint density at radius 2 is 1.89 bits per heavy atom. The summed E-state index contributed by atoms with van der Waals surface area (Å²) in [5.41, 5.74) is 4.68. The summed E-state index contributed by atoms with van der Waals surface area (Å²) in [7, 11) is 0. The first kappa shape index (κ1) is 17.6. The summed E-state index contributed by atoms with van der Waals surface area (Å²) < 4.78 is 1.44. The SMILES string of the molecule is Cc1nc2c(-c3ccccn3)c(C)[nH]n2c(=O)c1Cc1ccc([N+](=O)[O-])cc1. The smallest absolute Gasteiger partial charge is 0.276 e. The maximum absolute atomic E-state index is 13.1. The Hall–Kier alpha value is -3.81. The van der Waals surface area contributed by atoms with Crippen LogP contribution in [-0.4, -0.2) is 24.5 Å². The summed E-state index contributed by atoms with van der Waals surface area (Å²) in [5, 5.41) is 13.9. The highest BCUT2D eigenvalue weighted by atomic mass is 16.6. The maximum Gasteiger partial charge on any atom is 0.276 e. The van der Waals surface area contributed by atoms with Crippen molar-refractivity contribution in [2.45, 2.75) is 20.3 Å². The van der Waals surface area contributed by atoms with Crippen LogP contribution >= 0.6 is 0 Å². The molecule has 0 unspecified atom stereocenters. The number of H-pyrrole nitrogens is 1. The van der Waals surface area contributed by atoms with E-state index in [9.17, 15) is 14.9 Å².